The Balaban J connectivity index is 2.02. The number of hydrogen-bond donors (Lipinski definition) is 1. The third-order valence-electron chi connectivity index (χ3n) is 3.13. The van der Waals surface area contributed by atoms with Gasteiger partial charge in [0, 0.05) is 10.5 Å². The van der Waals surface area contributed by atoms with Gasteiger partial charge in [0.2, 0.25) is 0 Å². The summed E-state index contributed by atoms with van der Waals surface area (Å²) in [7, 11) is 0. The summed E-state index contributed by atoms with van der Waals surface area (Å²) < 4.78 is 1.15. The fraction of sp³-hybridized carbons (Fsp3) is 0.538. The Morgan fingerprint density at radius 2 is 2.20 bits per heavy atom. The summed E-state index contributed by atoms with van der Waals surface area (Å²) in [6.45, 7) is 2.11. The number of nitrogens with two attached hydrogens (primary N) is 1. The summed E-state index contributed by atoms with van der Waals surface area (Å²) in [5.41, 5.74) is 8.76. The molecule has 2 N–H and O–H groups in total. The van der Waals surface area contributed by atoms with Crippen LogP contribution in [0.25, 0.3) is 0 Å². The summed E-state index contributed by atoms with van der Waals surface area (Å²) in [5, 5.41) is 0. The minimum Gasteiger partial charge on any atom is -0.324 e. The van der Waals surface area contributed by atoms with Crippen molar-refractivity contribution in [3.63, 3.8) is 0 Å². The van der Waals surface area contributed by atoms with E-state index in [-0.39, 0.29) is 6.04 Å². The van der Waals surface area contributed by atoms with Gasteiger partial charge in [0.25, 0.3) is 0 Å². The molecule has 1 atom stereocenters. The van der Waals surface area contributed by atoms with Crippen LogP contribution < -0.4 is 5.73 Å². The Kier molecular flexibility index (Phi) is 3.47. The molecule has 0 bridgehead atoms. The van der Waals surface area contributed by atoms with E-state index in [4.69, 9.17) is 5.73 Å². The number of aryl methyl sites for hydroxylation is 1. The highest BCUT2D eigenvalue weighted by Gasteiger charge is 2.22. The molecule has 0 spiro atoms. The molecule has 1 aromatic rings. The molecule has 1 fully saturated rings. The van der Waals surface area contributed by atoms with E-state index >= 15 is 0 Å². The summed E-state index contributed by atoms with van der Waals surface area (Å²) in [6, 6.07) is 6.60. The highest BCUT2D eigenvalue weighted by Crippen LogP contribution is 2.36. The van der Waals surface area contributed by atoms with Gasteiger partial charge in [0.15, 0.2) is 0 Å². The lowest BCUT2D eigenvalue weighted by Crippen LogP contribution is -2.11. The summed E-state index contributed by atoms with van der Waals surface area (Å²) in [6.07, 6.45) is 5.25. The van der Waals surface area contributed by atoms with E-state index in [9.17, 15) is 0 Å². The molecule has 1 aliphatic carbocycles. The predicted molar refractivity (Wildman–Crippen MR) is 67.8 cm³/mol. The van der Waals surface area contributed by atoms with Crippen LogP contribution in [-0.2, 0) is 0 Å². The standard InChI is InChI=1S/C13H18BrN/c1-9-2-6-12(14)11(8-9)13(15)7-5-10-3-4-10/h2,6,8,10,13H,3-5,7,15H2,1H3. The van der Waals surface area contributed by atoms with E-state index < -0.39 is 0 Å². The van der Waals surface area contributed by atoms with Gasteiger partial charge in [0.1, 0.15) is 0 Å². The molecule has 1 nitrogen and oxygen atoms in total. The van der Waals surface area contributed by atoms with E-state index in [0.29, 0.717) is 0 Å². The molecule has 15 heavy (non-hydrogen) atoms. The van der Waals surface area contributed by atoms with Crippen molar-refractivity contribution in [1.29, 1.82) is 0 Å². The predicted octanol–water partition coefficient (Wildman–Crippen LogP) is 3.95. The molecular formula is C13H18BrN. The number of halogens is 1. The molecular weight excluding hydrogens is 250 g/mol. The van der Waals surface area contributed by atoms with E-state index in [2.05, 4.69) is 41.1 Å². The molecule has 1 aromatic carbocycles. The van der Waals surface area contributed by atoms with Crippen LogP contribution in [0, 0.1) is 12.8 Å². The van der Waals surface area contributed by atoms with Crippen molar-refractivity contribution in [1.82, 2.24) is 0 Å². The average Bonchev–Trinajstić information content (AvgIpc) is 3.02. The van der Waals surface area contributed by atoms with Gasteiger partial charge in [-0.15, -0.1) is 0 Å². The monoisotopic (exact) mass is 267 g/mol. The van der Waals surface area contributed by atoms with Crippen LogP contribution in [-0.4, -0.2) is 0 Å². The zero-order valence-electron chi connectivity index (χ0n) is 9.17. The molecule has 0 saturated heterocycles. The first kappa shape index (κ1) is 11.2. The number of benzene rings is 1. The fourth-order valence-electron chi connectivity index (χ4n) is 1.92. The van der Waals surface area contributed by atoms with E-state index in [1.54, 1.807) is 0 Å². The van der Waals surface area contributed by atoms with Crippen LogP contribution in [0.5, 0.6) is 0 Å². The van der Waals surface area contributed by atoms with Gasteiger partial charge in [-0.2, -0.15) is 0 Å². The Hall–Kier alpha value is -0.340. The van der Waals surface area contributed by atoms with Crippen LogP contribution in [0.2, 0.25) is 0 Å². The van der Waals surface area contributed by atoms with Gasteiger partial charge in [-0.05, 0) is 37.3 Å². The highest BCUT2D eigenvalue weighted by atomic mass is 79.9. The average molecular weight is 268 g/mol. The molecule has 0 radical (unpaired) electrons. The largest absolute Gasteiger partial charge is 0.324 e. The number of rotatable bonds is 4. The molecule has 2 rings (SSSR count). The first-order chi connectivity index (χ1) is 7.16. The normalized spacial score (nSPS) is 17.8. The summed E-state index contributed by atoms with van der Waals surface area (Å²) in [5.74, 6) is 0.972. The first-order valence-electron chi connectivity index (χ1n) is 5.68. The maximum atomic E-state index is 6.21. The van der Waals surface area contributed by atoms with Crippen molar-refractivity contribution in [3.8, 4) is 0 Å². The quantitative estimate of drug-likeness (QED) is 0.879. The maximum Gasteiger partial charge on any atom is 0.0306 e. The van der Waals surface area contributed by atoms with E-state index in [0.717, 1.165) is 16.8 Å². The Bertz CT molecular complexity index is 344. The molecule has 0 heterocycles. The van der Waals surface area contributed by atoms with Gasteiger partial charge in [0.05, 0.1) is 0 Å². The lowest BCUT2D eigenvalue weighted by molar-refractivity contribution is 0.573. The van der Waals surface area contributed by atoms with Crippen LogP contribution in [0.4, 0.5) is 0 Å². The highest BCUT2D eigenvalue weighted by molar-refractivity contribution is 9.10. The third-order valence-corrected chi connectivity index (χ3v) is 3.86. The summed E-state index contributed by atoms with van der Waals surface area (Å²) in [4.78, 5) is 0. The number of hydrogen-bond acceptors (Lipinski definition) is 1. The Labute approximate surface area is 100 Å². The van der Waals surface area contributed by atoms with Crippen molar-refractivity contribution < 1.29 is 0 Å². The molecule has 1 saturated carbocycles. The SMILES string of the molecule is Cc1ccc(Br)c(C(N)CCC2CC2)c1. The van der Waals surface area contributed by atoms with Crippen molar-refractivity contribution in [2.75, 3.05) is 0 Å². The lowest BCUT2D eigenvalue weighted by atomic mass is 10.00. The van der Waals surface area contributed by atoms with Crippen molar-refractivity contribution in [2.24, 2.45) is 11.7 Å². The Morgan fingerprint density at radius 1 is 1.47 bits per heavy atom. The van der Waals surface area contributed by atoms with Gasteiger partial charge in [-0.3, -0.25) is 0 Å². The molecule has 1 unspecified atom stereocenters. The van der Waals surface area contributed by atoms with Crippen LogP contribution in [0.3, 0.4) is 0 Å². The molecule has 82 valence electrons. The van der Waals surface area contributed by atoms with Crippen LogP contribution >= 0.6 is 15.9 Å². The lowest BCUT2D eigenvalue weighted by Gasteiger charge is -2.14. The van der Waals surface area contributed by atoms with Crippen molar-refractivity contribution >= 4 is 15.9 Å². The molecule has 0 amide bonds. The van der Waals surface area contributed by atoms with Crippen LogP contribution in [0.15, 0.2) is 22.7 Å². The van der Waals surface area contributed by atoms with E-state index in [1.165, 1.54) is 30.4 Å². The van der Waals surface area contributed by atoms with Crippen molar-refractivity contribution in [3.05, 3.63) is 33.8 Å². The van der Waals surface area contributed by atoms with Gasteiger partial charge in [-0.25, -0.2) is 0 Å². The molecule has 0 aromatic heterocycles. The zero-order valence-corrected chi connectivity index (χ0v) is 10.8. The van der Waals surface area contributed by atoms with E-state index in [1.807, 2.05) is 0 Å². The molecule has 0 aliphatic heterocycles. The fourth-order valence-corrected chi connectivity index (χ4v) is 2.47. The summed E-state index contributed by atoms with van der Waals surface area (Å²) >= 11 is 3.57. The van der Waals surface area contributed by atoms with Gasteiger partial charge < -0.3 is 5.73 Å². The molecule has 1 aliphatic rings. The van der Waals surface area contributed by atoms with Gasteiger partial charge >= 0.3 is 0 Å². The van der Waals surface area contributed by atoms with Gasteiger partial charge in [-0.1, -0.05) is 46.5 Å². The second-order valence-corrected chi connectivity index (χ2v) is 5.51. The minimum absolute atomic E-state index is 0.194. The smallest absolute Gasteiger partial charge is 0.0306 e. The maximum absolute atomic E-state index is 6.21. The Morgan fingerprint density at radius 3 is 2.87 bits per heavy atom. The third kappa shape index (κ3) is 3.05. The topological polar surface area (TPSA) is 26.0 Å². The zero-order chi connectivity index (χ0) is 10.8. The molecule has 2 heteroatoms. The minimum atomic E-state index is 0.194. The van der Waals surface area contributed by atoms with Crippen molar-refractivity contribution in [2.45, 2.75) is 38.6 Å². The second kappa shape index (κ2) is 4.67. The first-order valence-corrected chi connectivity index (χ1v) is 6.48. The van der Waals surface area contributed by atoms with Crippen LogP contribution in [0.1, 0.15) is 42.9 Å². The second-order valence-electron chi connectivity index (χ2n) is 4.65.